The minimum Gasteiger partial charge on any atom is -0.312 e. The van der Waals surface area contributed by atoms with Crippen molar-refractivity contribution in [2.75, 3.05) is 20.6 Å². The molecule has 0 saturated heterocycles. The standard InChI is InChI=1S/C17H20F2N2/c1-20-17(14-8-4-6-10-16(14)19)12-21(2)11-13-7-3-5-9-15(13)18/h3-10,17,20H,11-12H2,1-2H3. The molecule has 1 N–H and O–H groups in total. The fourth-order valence-electron chi connectivity index (χ4n) is 2.40. The largest absolute Gasteiger partial charge is 0.312 e. The van der Waals surface area contributed by atoms with E-state index in [2.05, 4.69) is 5.32 Å². The van der Waals surface area contributed by atoms with Gasteiger partial charge in [-0.1, -0.05) is 36.4 Å². The molecule has 0 saturated carbocycles. The number of likely N-dealkylation sites (N-methyl/N-ethyl adjacent to an activating group) is 2. The summed E-state index contributed by atoms with van der Waals surface area (Å²) in [5.74, 6) is -0.438. The second kappa shape index (κ2) is 7.29. The van der Waals surface area contributed by atoms with Crippen LogP contribution < -0.4 is 5.32 Å². The predicted molar refractivity (Wildman–Crippen MR) is 80.9 cm³/mol. The Balaban J connectivity index is 2.05. The molecule has 4 heteroatoms. The summed E-state index contributed by atoms with van der Waals surface area (Å²) in [5.41, 5.74) is 1.27. The summed E-state index contributed by atoms with van der Waals surface area (Å²) in [7, 11) is 3.70. The highest BCUT2D eigenvalue weighted by molar-refractivity contribution is 5.22. The minimum absolute atomic E-state index is 0.136. The topological polar surface area (TPSA) is 15.3 Å². The summed E-state index contributed by atoms with van der Waals surface area (Å²) in [5, 5.41) is 3.12. The van der Waals surface area contributed by atoms with Crippen molar-refractivity contribution in [1.29, 1.82) is 0 Å². The average Bonchev–Trinajstić information content (AvgIpc) is 2.48. The van der Waals surface area contributed by atoms with Crippen LogP contribution in [0.15, 0.2) is 48.5 Å². The van der Waals surface area contributed by atoms with Crippen LogP contribution in [0.5, 0.6) is 0 Å². The van der Waals surface area contributed by atoms with Crippen LogP contribution in [0.3, 0.4) is 0 Å². The lowest BCUT2D eigenvalue weighted by Crippen LogP contribution is -2.31. The first-order valence-electron chi connectivity index (χ1n) is 6.95. The van der Waals surface area contributed by atoms with Crippen LogP contribution in [0.2, 0.25) is 0 Å². The SMILES string of the molecule is CNC(CN(C)Cc1ccccc1F)c1ccccc1F. The van der Waals surface area contributed by atoms with Gasteiger partial charge in [0.15, 0.2) is 0 Å². The third kappa shape index (κ3) is 4.09. The smallest absolute Gasteiger partial charge is 0.128 e. The van der Waals surface area contributed by atoms with E-state index in [0.29, 0.717) is 24.2 Å². The number of hydrogen-bond donors (Lipinski definition) is 1. The molecule has 1 atom stereocenters. The monoisotopic (exact) mass is 290 g/mol. The Morgan fingerprint density at radius 2 is 1.62 bits per heavy atom. The Morgan fingerprint density at radius 3 is 2.24 bits per heavy atom. The van der Waals surface area contributed by atoms with Gasteiger partial charge >= 0.3 is 0 Å². The van der Waals surface area contributed by atoms with E-state index in [4.69, 9.17) is 0 Å². The molecule has 0 aliphatic rings. The summed E-state index contributed by atoms with van der Waals surface area (Å²) >= 11 is 0. The van der Waals surface area contributed by atoms with Gasteiger partial charge in [-0.25, -0.2) is 8.78 Å². The zero-order valence-corrected chi connectivity index (χ0v) is 12.3. The molecule has 2 nitrogen and oxygen atoms in total. The van der Waals surface area contributed by atoms with Gasteiger partial charge < -0.3 is 10.2 Å². The molecule has 0 amide bonds. The maximum Gasteiger partial charge on any atom is 0.128 e. The maximum atomic E-state index is 13.8. The molecular formula is C17H20F2N2. The van der Waals surface area contributed by atoms with Gasteiger partial charge in [-0.3, -0.25) is 0 Å². The van der Waals surface area contributed by atoms with Crippen LogP contribution >= 0.6 is 0 Å². The van der Waals surface area contributed by atoms with Crippen LogP contribution in [0.25, 0.3) is 0 Å². The quantitative estimate of drug-likeness (QED) is 0.877. The predicted octanol–water partition coefficient (Wildman–Crippen LogP) is 3.36. The summed E-state index contributed by atoms with van der Waals surface area (Å²) in [6.45, 7) is 1.07. The molecule has 112 valence electrons. The van der Waals surface area contributed by atoms with E-state index >= 15 is 0 Å². The number of nitrogens with zero attached hydrogens (tertiary/aromatic N) is 1. The second-order valence-corrected chi connectivity index (χ2v) is 5.15. The molecule has 0 aromatic heterocycles. The Morgan fingerprint density at radius 1 is 1.00 bits per heavy atom. The lowest BCUT2D eigenvalue weighted by Gasteiger charge is -2.24. The van der Waals surface area contributed by atoms with E-state index < -0.39 is 0 Å². The van der Waals surface area contributed by atoms with E-state index in [1.807, 2.05) is 24.1 Å². The molecule has 0 radical (unpaired) electrons. The van der Waals surface area contributed by atoms with Crippen LogP contribution in [-0.2, 0) is 6.54 Å². The van der Waals surface area contributed by atoms with Crippen molar-refractivity contribution in [1.82, 2.24) is 10.2 Å². The van der Waals surface area contributed by atoms with E-state index in [1.54, 1.807) is 31.3 Å². The normalized spacial score (nSPS) is 12.6. The van der Waals surface area contributed by atoms with Gasteiger partial charge in [0.25, 0.3) is 0 Å². The van der Waals surface area contributed by atoms with Crippen molar-refractivity contribution in [3.8, 4) is 0 Å². The molecule has 0 heterocycles. The summed E-state index contributed by atoms with van der Waals surface area (Å²) in [6, 6.07) is 13.3. The molecular weight excluding hydrogens is 270 g/mol. The zero-order valence-electron chi connectivity index (χ0n) is 12.3. The third-order valence-electron chi connectivity index (χ3n) is 3.52. The Hall–Kier alpha value is -1.78. The summed E-state index contributed by atoms with van der Waals surface area (Å²) in [4.78, 5) is 1.98. The second-order valence-electron chi connectivity index (χ2n) is 5.15. The van der Waals surface area contributed by atoms with Gasteiger partial charge in [-0.2, -0.15) is 0 Å². The highest BCUT2D eigenvalue weighted by atomic mass is 19.1. The van der Waals surface area contributed by atoms with Gasteiger partial charge in [0.2, 0.25) is 0 Å². The van der Waals surface area contributed by atoms with Gasteiger partial charge in [-0.05, 0) is 26.2 Å². The molecule has 0 bridgehead atoms. The van der Waals surface area contributed by atoms with E-state index in [-0.39, 0.29) is 17.7 Å². The number of benzene rings is 2. The van der Waals surface area contributed by atoms with Crippen molar-refractivity contribution in [2.24, 2.45) is 0 Å². The van der Waals surface area contributed by atoms with E-state index in [9.17, 15) is 8.78 Å². The Bertz CT molecular complexity index is 587. The van der Waals surface area contributed by atoms with Gasteiger partial charge in [0, 0.05) is 30.3 Å². The Kier molecular flexibility index (Phi) is 5.42. The van der Waals surface area contributed by atoms with Crippen molar-refractivity contribution >= 4 is 0 Å². The zero-order chi connectivity index (χ0) is 15.2. The lowest BCUT2D eigenvalue weighted by molar-refractivity contribution is 0.283. The maximum absolute atomic E-state index is 13.8. The first-order valence-corrected chi connectivity index (χ1v) is 6.95. The minimum atomic E-state index is -0.226. The van der Waals surface area contributed by atoms with Crippen molar-refractivity contribution < 1.29 is 8.78 Å². The third-order valence-corrected chi connectivity index (χ3v) is 3.52. The van der Waals surface area contributed by atoms with Gasteiger partial charge in [0.05, 0.1) is 0 Å². The molecule has 1 unspecified atom stereocenters. The van der Waals surface area contributed by atoms with Crippen molar-refractivity contribution in [3.63, 3.8) is 0 Å². The molecule has 0 aliphatic carbocycles. The fraction of sp³-hybridized carbons (Fsp3) is 0.294. The molecule has 0 fully saturated rings. The molecule has 21 heavy (non-hydrogen) atoms. The molecule has 0 aliphatic heterocycles. The number of nitrogens with one attached hydrogen (secondary N) is 1. The highest BCUT2D eigenvalue weighted by Crippen LogP contribution is 2.18. The van der Waals surface area contributed by atoms with Crippen LogP contribution in [0.1, 0.15) is 17.2 Å². The van der Waals surface area contributed by atoms with Gasteiger partial charge in [0.1, 0.15) is 11.6 Å². The van der Waals surface area contributed by atoms with E-state index in [1.165, 1.54) is 12.1 Å². The molecule has 2 aromatic carbocycles. The number of halogens is 2. The van der Waals surface area contributed by atoms with Crippen molar-refractivity contribution in [2.45, 2.75) is 12.6 Å². The number of hydrogen-bond acceptors (Lipinski definition) is 2. The number of rotatable bonds is 6. The molecule has 0 spiro atoms. The van der Waals surface area contributed by atoms with Crippen molar-refractivity contribution in [3.05, 3.63) is 71.3 Å². The van der Waals surface area contributed by atoms with Crippen LogP contribution in [0, 0.1) is 11.6 Å². The fourth-order valence-corrected chi connectivity index (χ4v) is 2.40. The highest BCUT2D eigenvalue weighted by Gasteiger charge is 2.16. The first kappa shape index (κ1) is 15.6. The van der Waals surface area contributed by atoms with E-state index in [0.717, 1.165) is 0 Å². The average molecular weight is 290 g/mol. The van der Waals surface area contributed by atoms with Gasteiger partial charge in [-0.15, -0.1) is 0 Å². The molecule has 2 aromatic rings. The molecule has 2 rings (SSSR count). The lowest BCUT2D eigenvalue weighted by atomic mass is 10.1. The Labute approximate surface area is 124 Å². The van der Waals surface area contributed by atoms with Crippen LogP contribution in [0.4, 0.5) is 8.78 Å². The van der Waals surface area contributed by atoms with Crippen LogP contribution in [-0.4, -0.2) is 25.5 Å². The summed E-state index contributed by atoms with van der Waals surface area (Å²) in [6.07, 6.45) is 0. The summed E-state index contributed by atoms with van der Waals surface area (Å²) < 4.78 is 27.5. The first-order chi connectivity index (χ1) is 10.1.